The molecule has 0 aliphatic carbocycles. The van der Waals surface area contributed by atoms with Crippen molar-refractivity contribution in [1.29, 1.82) is 0 Å². The molecule has 1 aromatic carbocycles. The molecule has 1 amide bonds. The van der Waals surface area contributed by atoms with Crippen LogP contribution in [0.3, 0.4) is 0 Å². The molecule has 0 spiro atoms. The van der Waals surface area contributed by atoms with E-state index in [-0.39, 0.29) is 26.0 Å². The zero-order valence-corrected chi connectivity index (χ0v) is 12.8. The Labute approximate surface area is 133 Å². The molecule has 5 nitrogen and oxygen atoms in total. The summed E-state index contributed by atoms with van der Waals surface area (Å²) in [6.07, 6.45) is -3.22. The molecule has 0 aromatic heterocycles. The molecule has 7 heteroatoms. The lowest BCUT2D eigenvalue weighted by molar-refractivity contribution is -0.148. The van der Waals surface area contributed by atoms with Crippen LogP contribution in [-0.4, -0.2) is 43.1 Å². The quantitative estimate of drug-likeness (QED) is 0.798. The number of likely N-dealkylation sites (tertiary alicyclic amines) is 1. The zero-order chi connectivity index (χ0) is 16.8. The molecule has 0 radical (unpaired) electrons. The highest BCUT2D eigenvalue weighted by Crippen LogP contribution is 2.27. The van der Waals surface area contributed by atoms with Gasteiger partial charge in [0.25, 0.3) is 6.43 Å². The number of methoxy groups -OCH3 is 1. The third kappa shape index (κ3) is 4.40. The van der Waals surface area contributed by atoms with E-state index in [1.54, 1.807) is 24.3 Å². The van der Waals surface area contributed by atoms with Crippen molar-refractivity contribution in [3.63, 3.8) is 0 Å². The smallest absolute Gasteiger partial charge is 0.410 e. The molecule has 0 bridgehead atoms. The second kappa shape index (κ2) is 7.89. The highest BCUT2D eigenvalue weighted by Gasteiger charge is 2.40. The molecule has 23 heavy (non-hydrogen) atoms. The highest BCUT2D eigenvalue weighted by molar-refractivity contribution is 5.75. The Hall–Kier alpha value is -2.18. The Kier molecular flexibility index (Phi) is 5.90. The third-order valence-corrected chi connectivity index (χ3v) is 3.89. The summed E-state index contributed by atoms with van der Waals surface area (Å²) in [5.74, 6) is -1.10. The first-order valence-electron chi connectivity index (χ1n) is 7.36. The van der Waals surface area contributed by atoms with E-state index in [0.29, 0.717) is 0 Å². The Morgan fingerprint density at radius 1 is 1.26 bits per heavy atom. The van der Waals surface area contributed by atoms with Crippen LogP contribution in [0.1, 0.15) is 18.4 Å². The molecule has 2 rings (SSSR count). The fraction of sp³-hybridized carbons (Fsp3) is 0.500. The van der Waals surface area contributed by atoms with Crippen LogP contribution in [0.2, 0.25) is 0 Å². The van der Waals surface area contributed by atoms with Crippen LogP contribution in [-0.2, 0) is 20.9 Å². The standard InChI is InChI=1S/C16H19F2NO4/c1-22-15(20)12-7-8-13(14(17)18)19(9-12)16(21)23-10-11-5-3-2-4-6-11/h2-6,12-14H,7-10H2,1H3/t12-,13-/m1/s1. The van der Waals surface area contributed by atoms with Crippen LogP contribution in [0.25, 0.3) is 0 Å². The number of carbonyl (C=O) groups excluding carboxylic acids is 2. The van der Waals surface area contributed by atoms with E-state index in [1.165, 1.54) is 7.11 Å². The van der Waals surface area contributed by atoms with Crippen molar-refractivity contribution in [3.8, 4) is 0 Å². The zero-order valence-electron chi connectivity index (χ0n) is 12.8. The number of nitrogens with zero attached hydrogens (tertiary/aromatic N) is 1. The van der Waals surface area contributed by atoms with E-state index in [1.807, 2.05) is 6.07 Å². The SMILES string of the molecule is COC(=O)[C@@H]1CC[C@H](C(F)F)N(C(=O)OCc2ccccc2)C1. The molecule has 0 unspecified atom stereocenters. The summed E-state index contributed by atoms with van der Waals surface area (Å²) in [6, 6.07) is 7.71. The lowest BCUT2D eigenvalue weighted by Crippen LogP contribution is -2.51. The lowest BCUT2D eigenvalue weighted by Gasteiger charge is -2.37. The molecule has 1 heterocycles. The number of halogens is 2. The summed E-state index contributed by atoms with van der Waals surface area (Å²) < 4.78 is 36.0. The van der Waals surface area contributed by atoms with E-state index in [0.717, 1.165) is 10.5 Å². The number of alkyl halides is 2. The maximum atomic E-state index is 13.1. The predicted octanol–water partition coefficient (Wildman–Crippen LogP) is 2.84. The summed E-state index contributed by atoms with van der Waals surface area (Å²) in [4.78, 5) is 24.7. The Morgan fingerprint density at radius 3 is 2.57 bits per heavy atom. The van der Waals surface area contributed by atoms with E-state index in [4.69, 9.17) is 4.74 Å². The average Bonchev–Trinajstić information content (AvgIpc) is 2.59. The van der Waals surface area contributed by atoms with Gasteiger partial charge in [0.1, 0.15) is 6.61 Å². The second-order valence-corrected chi connectivity index (χ2v) is 5.39. The minimum Gasteiger partial charge on any atom is -0.469 e. The van der Waals surface area contributed by atoms with Gasteiger partial charge in [0.05, 0.1) is 19.1 Å². The summed E-state index contributed by atoms with van der Waals surface area (Å²) in [6.45, 7) is -0.121. The summed E-state index contributed by atoms with van der Waals surface area (Å²) in [7, 11) is 1.24. The van der Waals surface area contributed by atoms with Crippen LogP contribution in [0.4, 0.5) is 13.6 Å². The first kappa shape index (κ1) is 17.2. The van der Waals surface area contributed by atoms with Gasteiger partial charge >= 0.3 is 12.1 Å². The first-order chi connectivity index (χ1) is 11.0. The molecular formula is C16H19F2NO4. The number of ether oxygens (including phenoxy) is 2. The van der Waals surface area contributed by atoms with E-state index in [2.05, 4.69) is 4.74 Å². The molecule has 1 aromatic rings. The number of esters is 1. The number of carbonyl (C=O) groups is 2. The highest BCUT2D eigenvalue weighted by atomic mass is 19.3. The topological polar surface area (TPSA) is 55.8 Å². The number of amides is 1. The van der Waals surface area contributed by atoms with Crippen molar-refractivity contribution in [2.24, 2.45) is 5.92 Å². The number of piperidine rings is 1. The molecular weight excluding hydrogens is 308 g/mol. The van der Waals surface area contributed by atoms with Crippen molar-refractivity contribution in [2.75, 3.05) is 13.7 Å². The Bertz CT molecular complexity index is 538. The number of hydrogen-bond donors (Lipinski definition) is 0. The van der Waals surface area contributed by atoms with E-state index < -0.39 is 30.4 Å². The van der Waals surface area contributed by atoms with Crippen molar-refractivity contribution >= 4 is 12.1 Å². The Balaban J connectivity index is 2.01. The van der Waals surface area contributed by atoms with Crippen LogP contribution >= 0.6 is 0 Å². The van der Waals surface area contributed by atoms with Gasteiger partial charge in [-0.05, 0) is 18.4 Å². The molecule has 0 saturated carbocycles. The summed E-state index contributed by atoms with van der Waals surface area (Å²) in [5, 5.41) is 0. The van der Waals surface area contributed by atoms with Gasteiger partial charge < -0.3 is 9.47 Å². The first-order valence-corrected chi connectivity index (χ1v) is 7.36. The molecule has 2 atom stereocenters. The van der Waals surface area contributed by atoms with Gasteiger partial charge in [-0.1, -0.05) is 30.3 Å². The number of benzene rings is 1. The number of hydrogen-bond acceptors (Lipinski definition) is 4. The minimum atomic E-state index is -2.68. The average molecular weight is 327 g/mol. The van der Waals surface area contributed by atoms with Crippen molar-refractivity contribution < 1.29 is 27.8 Å². The maximum Gasteiger partial charge on any atom is 0.410 e. The maximum absolute atomic E-state index is 13.1. The van der Waals surface area contributed by atoms with Gasteiger partial charge in [0.15, 0.2) is 0 Å². The molecule has 126 valence electrons. The molecule has 1 aliphatic rings. The fourth-order valence-corrected chi connectivity index (χ4v) is 2.63. The van der Waals surface area contributed by atoms with E-state index in [9.17, 15) is 18.4 Å². The van der Waals surface area contributed by atoms with Crippen LogP contribution in [0, 0.1) is 5.92 Å². The van der Waals surface area contributed by atoms with Gasteiger partial charge in [0.2, 0.25) is 0 Å². The fourth-order valence-electron chi connectivity index (χ4n) is 2.63. The van der Waals surface area contributed by atoms with Crippen molar-refractivity contribution in [2.45, 2.75) is 31.9 Å². The Morgan fingerprint density at radius 2 is 1.96 bits per heavy atom. The molecule has 1 aliphatic heterocycles. The minimum absolute atomic E-state index is 0.00494. The van der Waals surface area contributed by atoms with Crippen LogP contribution in [0.5, 0.6) is 0 Å². The van der Waals surface area contributed by atoms with Crippen molar-refractivity contribution in [1.82, 2.24) is 4.90 Å². The van der Waals surface area contributed by atoms with Gasteiger partial charge in [-0.15, -0.1) is 0 Å². The molecule has 1 fully saturated rings. The van der Waals surface area contributed by atoms with Crippen LogP contribution < -0.4 is 0 Å². The largest absolute Gasteiger partial charge is 0.469 e. The van der Waals surface area contributed by atoms with Gasteiger partial charge in [-0.3, -0.25) is 9.69 Å². The molecule has 0 N–H and O–H groups in total. The van der Waals surface area contributed by atoms with Gasteiger partial charge in [0, 0.05) is 6.54 Å². The summed E-state index contributed by atoms with van der Waals surface area (Å²) in [5.41, 5.74) is 0.760. The van der Waals surface area contributed by atoms with Crippen molar-refractivity contribution in [3.05, 3.63) is 35.9 Å². The third-order valence-electron chi connectivity index (χ3n) is 3.89. The molecule has 1 saturated heterocycles. The van der Waals surface area contributed by atoms with Crippen LogP contribution in [0.15, 0.2) is 30.3 Å². The van der Waals surface area contributed by atoms with E-state index >= 15 is 0 Å². The van der Waals surface area contributed by atoms with Gasteiger partial charge in [-0.2, -0.15) is 0 Å². The normalized spacial score (nSPS) is 21.1. The number of rotatable bonds is 4. The summed E-state index contributed by atoms with van der Waals surface area (Å²) >= 11 is 0. The lowest BCUT2D eigenvalue weighted by atomic mass is 9.93. The van der Waals surface area contributed by atoms with Gasteiger partial charge in [-0.25, -0.2) is 13.6 Å². The monoisotopic (exact) mass is 327 g/mol. The second-order valence-electron chi connectivity index (χ2n) is 5.39. The predicted molar refractivity (Wildman–Crippen MR) is 77.9 cm³/mol.